The summed E-state index contributed by atoms with van der Waals surface area (Å²) < 4.78 is 0. The van der Waals surface area contributed by atoms with Crippen molar-refractivity contribution in [3.05, 3.63) is 24.3 Å². The summed E-state index contributed by atoms with van der Waals surface area (Å²) in [6.07, 6.45) is 5.91. The summed E-state index contributed by atoms with van der Waals surface area (Å²) in [6, 6.07) is -1.88. The summed E-state index contributed by atoms with van der Waals surface area (Å²) in [6.45, 7) is 0.214. The lowest BCUT2D eigenvalue weighted by atomic mass is 10.0. The molecule has 258 valence electrons. The van der Waals surface area contributed by atoms with E-state index < -0.39 is 60.0 Å². The van der Waals surface area contributed by atoms with E-state index in [4.69, 9.17) is 11.6 Å². The Kier molecular flexibility index (Phi) is 16.8. The molecular formula is C29H42N8O10. The highest BCUT2D eigenvalue weighted by molar-refractivity contribution is 6.13. The predicted molar refractivity (Wildman–Crippen MR) is 163 cm³/mol. The molecular weight excluding hydrogens is 620 g/mol. The molecule has 0 spiro atoms. The molecule has 7 amide bonds. The fourth-order valence-electron chi connectivity index (χ4n) is 4.57. The van der Waals surface area contributed by atoms with Crippen LogP contribution in [0.15, 0.2) is 24.3 Å². The van der Waals surface area contributed by atoms with Crippen molar-refractivity contribution in [3.8, 4) is 0 Å². The van der Waals surface area contributed by atoms with Crippen LogP contribution in [0, 0.1) is 0 Å². The van der Waals surface area contributed by atoms with Crippen LogP contribution in [0.5, 0.6) is 0 Å². The number of ketones is 2. The molecule has 0 saturated heterocycles. The van der Waals surface area contributed by atoms with Crippen LogP contribution in [0.1, 0.15) is 44.9 Å². The lowest BCUT2D eigenvalue weighted by Gasteiger charge is -2.20. The average Bonchev–Trinajstić information content (AvgIpc) is 3.52. The monoisotopic (exact) mass is 662 g/mol. The Morgan fingerprint density at radius 1 is 0.723 bits per heavy atom. The number of nitrogens with zero attached hydrogens (tertiary/aromatic N) is 2. The number of Topliss-reactive ketones (excluding diaryl/α,β-unsaturated/α-hetero) is 2. The van der Waals surface area contributed by atoms with Gasteiger partial charge in [0, 0.05) is 82.7 Å². The van der Waals surface area contributed by atoms with Crippen molar-refractivity contribution in [1.29, 1.82) is 0 Å². The second-order valence-electron chi connectivity index (χ2n) is 10.7. The van der Waals surface area contributed by atoms with Crippen LogP contribution in [0.2, 0.25) is 0 Å². The molecule has 0 bridgehead atoms. The minimum Gasteiger partial charge on any atom is -0.368 e. The van der Waals surface area contributed by atoms with E-state index in [1.165, 1.54) is 0 Å². The zero-order valence-electron chi connectivity index (χ0n) is 26.0. The number of hydrogen-bond acceptors (Lipinski definition) is 13. The summed E-state index contributed by atoms with van der Waals surface area (Å²) in [5.74, 6) is 0.599. The van der Waals surface area contributed by atoms with Crippen molar-refractivity contribution < 1.29 is 48.0 Å². The molecule has 0 radical (unpaired) electrons. The normalized spacial score (nSPS) is 15.3. The largest absolute Gasteiger partial charge is 0.368 e. The van der Waals surface area contributed by atoms with Crippen molar-refractivity contribution in [1.82, 2.24) is 31.1 Å². The molecule has 0 aromatic carbocycles. The number of imide groups is 2. The van der Waals surface area contributed by atoms with Gasteiger partial charge in [-0.2, -0.15) is 0 Å². The second-order valence-corrected chi connectivity index (χ2v) is 10.7. The molecule has 2 rings (SSSR count). The van der Waals surface area contributed by atoms with Gasteiger partial charge in [0.05, 0.1) is 6.04 Å². The Morgan fingerprint density at radius 3 is 1.89 bits per heavy atom. The fourth-order valence-corrected chi connectivity index (χ4v) is 4.57. The molecule has 2 heterocycles. The van der Waals surface area contributed by atoms with Crippen LogP contribution >= 0.6 is 0 Å². The SMILES string of the molecule is NOCC(=O)NCC(NCCC(=O)C(CCCCNCCC(=O)CCN1C(=O)C=CC1=O)NC(=O)CCN1C(=O)C=CC1=O)C(N)=O. The molecule has 0 saturated carbocycles. The molecule has 18 heteroatoms. The van der Waals surface area contributed by atoms with E-state index in [1.807, 2.05) is 0 Å². The maximum Gasteiger partial charge on any atom is 0.253 e. The minimum absolute atomic E-state index is 0.0106. The third kappa shape index (κ3) is 14.1. The van der Waals surface area contributed by atoms with Crippen molar-refractivity contribution in [2.45, 2.75) is 57.0 Å². The number of nitrogens with one attached hydrogen (secondary N) is 4. The zero-order valence-corrected chi connectivity index (χ0v) is 26.0. The van der Waals surface area contributed by atoms with Crippen LogP contribution in [0.4, 0.5) is 0 Å². The number of carbonyl (C=O) groups excluding carboxylic acids is 9. The topological polar surface area (TPSA) is 270 Å². The second kappa shape index (κ2) is 20.5. The van der Waals surface area contributed by atoms with Crippen LogP contribution in [-0.2, 0) is 48.0 Å². The molecule has 0 aromatic rings. The smallest absolute Gasteiger partial charge is 0.253 e. The van der Waals surface area contributed by atoms with Crippen LogP contribution < -0.4 is 32.9 Å². The Bertz CT molecular complexity index is 1230. The summed E-state index contributed by atoms with van der Waals surface area (Å²) in [5, 5.41) is 11.0. The van der Waals surface area contributed by atoms with Gasteiger partial charge in [0.2, 0.25) is 17.7 Å². The van der Waals surface area contributed by atoms with Crippen LogP contribution in [0.25, 0.3) is 0 Å². The highest BCUT2D eigenvalue weighted by Crippen LogP contribution is 2.08. The van der Waals surface area contributed by atoms with Crippen molar-refractivity contribution in [2.75, 3.05) is 45.9 Å². The van der Waals surface area contributed by atoms with E-state index in [0.29, 0.717) is 25.9 Å². The van der Waals surface area contributed by atoms with Gasteiger partial charge in [-0.1, -0.05) is 0 Å². The number of carbonyl (C=O) groups is 9. The highest BCUT2D eigenvalue weighted by Gasteiger charge is 2.26. The predicted octanol–water partition coefficient (Wildman–Crippen LogP) is -3.77. The molecule has 47 heavy (non-hydrogen) atoms. The van der Waals surface area contributed by atoms with Crippen molar-refractivity contribution >= 4 is 52.9 Å². The first kappa shape index (κ1) is 38.5. The Labute approximate surface area is 270 Å². The molecule has 2 unspecified atom stereocenters. The quantitative estimate of drug-likeness (QED) is 0.0312. The molecule has 2 atom stereocenters. The molecule has 0 fully saturated rings. The first-order valence-electron chi connectivity index (χ1n) is 15.2. The maximum absolute atomic E-state index is 13.1. The Hall–Kier alpha value is -4.65. The lowest BCUT2D eigenvalue weighted by Crippen LogP contribution is -2.50. The standard InChI is InChI=1S/C29H42N8O10/c30-29(46)21(17-34-24(41)18-47-31)33-14-9-22(39)20(35-23(40)11-16-37-27(44)6-7-28(37)45)3-1-2-12-32-13-8-19(38)10-15-36-25(42)4-5-26(36)43/h4-7,20-21,32-33H,1-3,8-18,31H2,(H2,30,46)(H,34,41)(H,35,40). The van der Waals surface area contributed by atoms with Gasteiger partial charge in [0.1, 0.15) is 18.4 Å². The maximum atomic E-state index is 13.1. The summed E-state index contributed by atoms with van der Waals surface area (Å²) in [7, 11) is 0. The van der Waals surface area contributed by atoms with Crippen LogP contribution in [0.3, 0.4) is 0 Å². The van der Waals surface area contributed by atoms with Gasteiger partial charge in [-0.15, -0.1) is 0 Å². The van der Waals surface area contributed by atoms with Crippen LogP contribution in [-0.4, -0.2) is 121 Å². The molecule has 0 aromatic heterocycles. The van der Waals surface area contributed by atoms with E-state index >= 15 is 0 Å². The number of unbranched alkanes of at least 4 members (excludes halogenated alkanes) is 1. The van der Waals surface area contributed by atoms with E-state index in [1.54, 1.807) is 0 Å². The van der Waals surface area contributed by atoms with Gasteiger partial charge in [-0.3, -0.25) is 57.8 Å². The summed E-state index contributed by atoms with van der Waals surface area (Å²) in [4.78, 5) is 114. The summed E-state index contributed by atoms with van der Waals surface area (Å²) >= 11 is 0. The van der Waals surface area contributed by atoms with Crippen molar-refractivity contribution in [2.24, 2.45) is 11.6 Å². The summed E-state index contributed by atoms with van der Waals surface area (Å²) in [5.41, 5.74) is 5.37. The number of hydrogen-bond donors (Lipinski definition) is 6. The number of rotatable bonds is 25. The van der Waals surface area contributed by atoms with Crippen molar-refractivity contribution in [3.63, 3.8) is 0 Å². The third-order valence-electron chi connectivity index (χ3n) is 7.20. The lowest BCUT2D eigenvalue weighted by molar-refractivity contribution is -0.139. The minimum atomic E-state index is -0.984. The molecule has 2 aliphatic heterocycles. The van der Waals surface area contributed by atoms with Gasteiger partial charge >= 0.3 is 0 Å². The highest BCUT2D eigenvalue weighted by atomic mass is 16.6. The molecule has 18 nitrogen and oxygen atoms in total. The van der Waals surface area contributed by atoms with Gasteiger partial charge in [0.25, 0.3) is 23.6 Å². The fraction of sp³-hybridized carbons (Fsp3) is 0.552. The van der Waals surface area contributed by atoms with Gasteiger partial charge < -0.3 is 27.0 Å². The molecule has 2 aliphatic rings. The van der Waals surface area contributed by atoms with Gasteiger partial charge in [0.15, 0.2) is 5.78 Å². The number of primary amides is 1. The van der Waals surface area contributed by atoms with E-state index in [-0.39, 0.29) is 69.8 Å². The van der Waals surface area contributed by atoms with E-state index in [2.05, 4.69) is 26.1 Å². The number of nitrogens with two attached hydrogens (primary N) is 2. The van der Waals surface area contributed by atoms with Gasteiger partial charge in [-0.25, -0.2) is 5.90 Å². The first-order valence-corrected chi connectivity index (χ1v) is 15.2. The Balaban J connectivity index is 1.78. The van der Waals surface area contributed by atoms with E-state index in [0.717, 1.165) is 34.1 Å². The average molecular weight is 663 g/mol. The molecule has 0 aliphatic carbocycles. The van der Waals surface area contributed by atoms with Gasteiger partial charge in [-0.05, 0) is 25.8 Å². The Morgan fingerprint density at radius 2 is 1.32 bits per heavy atom. The first-order chi connectivity index (χ1) is 22.4. The molecule has 8 N–H and O–H groups in total. The zero-order chi connectivity index (χ0) is 34.8. The number of amides is 7. The third-order valence-corrected chi connectivity index (χ3v) is 7.20. The van der Waals surface area contributed by atoms with E-state index in [9.17, 15) is 43.2 Å².